The fraction of sp³-hybridized carbons (Fsp3) is 0.368. The van der Waals surface area contributed by atoms with E-state index in [4.69, 9.17) is 19.9 Å². The lowest BCUT2D eigenvalue weighted by Crippen LogP contribution is -2.17. The molecule has 146 valence electrons. The van der Waals surface area contributed by atoms with Crippen molar-refractivity contribution in [1.29, 1.82) is 0 Å². The minimum absolute atomic E-state index is 0.284. The predicted octanol–water partition coefficient (Wildman–Crippen LogP) is 3.60. The third kappa shape index (κ3) is 4.91. The molecule has 0 bridgehead atoms. The molecule has 1 aromatic carbocycles. The van der Waals surface area contributed by atoms with Gasteiger partial charge >= 0.3 is 0 Å². The van der Waals surface area contributed by atoms with Gasteiger partial charge in [-0.25, -0.2) is 0 Å². The standard InChI is InChI=1S/C19H24N2O5S/c1-5-24-14-9-12(10-15(25-6-2)16(14)26-7-3)18(23)21-19-13(17(20)22)8-11(4)27-19/h8-10H,5-7H2,1-4H3,(H2,20,22)(H,21,23). The van der Waals surface area contributed by atoms with E-state index >= 15 is 0 Å². The summed E-state index contributed by atoms with van der Waals surface area (Å²) in [5.41, 5.74) is 5.99. The summed E-state index contributed by atoms with van der Waals surface area (Å²) in [5, 5.41) is 3.16. The quantitative estimate of drug-likeness (QED) is 0.679. The normalized spacial score (nSPS) is 10.4. The van der Waals surface area contributed by atoms with Crippen LogP contribution < -0.4 is 25.3 Å². The highest BCUT2D eigenvalue weighted by molar-refractivity contribution is 7.16. The molecule has 0 radical (unpaired) electrons. The number of primary amides is 1. The van der Waals surface area contributed by atoms with Crippen LogP contribution in [0, 0.1) is 6.92 Å². The van der Waals surface area contributed by atoms with Crippen molar-refractivity contribution in [3.63, 3.8) is 0 Å². The van der Waals surface area contributed by atoms with E-state index in [-0.39, 0.29) is 5.56 Å². The van der Waals surface area contributed by atoms with Gasteiger partial charge in [0.1, 0.15) is 5.00 Å². The first-order chi connectivity index (χ1) is 12.9. The maximum absolute atomic E-state index is 12.8. The van der Waals surface area contributed by atoms with Gasteiger partial charge in [0.25, 0.3) is 11.8 Å². The van der Waals surface area contributed by atoms with Gasteiger partial charge in [-0.3, -0.25) is 9.59 Å². The second-order valence-corrected chi connectivity index (χ2v) is 6.78. The Morgan fingerprint density at radius 2 is 1.56 bits per heavy atom. The summed E-state index contributed by atoms with van der Waals surface area (Å²) < 4.78 is 16.9. The maximum atomic E-state index is 12.8. The minimum atomic E-state index is -0.591. The molecule has 0 saturated carbocycles. The van der Waals surface area contributed by atoms with Gasteiger partial charge in [-0.05, 0) is 45.9 Å². The van der Waals surface area contributed by atoms with Crippen LogP contribution in [0.1, 0.15) is 46.4 Å². The second-order valence-electron chi connectivity index (χ2n) is 5.52. The molecule has 2 aromatic rings. The molecule has 2 amide bonds. The van der Waals surface area contributed by atoms with Gasteiger partial charge in [-0.15, -0.1) is 11.3 Å². The molecule has 7 nitrogen and oxygen atoms in total. The Kier molecular flexibility index (Phi) is 7.06. The molecular formula is C19H24N2O5S. The van der Waals surface area contributed by atoms with Crippen molar-refractivity contribution in [2.75, 3.05) is 25.1 Å². The molecule has 0 fully saturated rings. The lowest BCUT2D eigenvalue weighted by molar-refractivity contribution is 0.100. The summed E-state index contributed by atoms with van der Waals surface area (Å²) in [4.78, 5) is 25.2. The Hall–Kier alpha value is -2.74. The van der Waals surface area contributed by atoms with Gasteiger partial charge in [-0.2, -0.15) is 0 Å². The van der Waals surface area contributed by atoms with E-state index in [1.54, 1.807) is 18.2 Å². The van der Waals surface area contributed by atoms with Crippen molar-refractivity contribution >= 4 is 28.2 Å². The Labute approximate surface area is 162 Å². The number of hydrogen-bond donors (Lipinski definition) is 2. The zero-order chi connectivity index (χ0) is 20.0. The summed E-state index contributed by atoms with van der Waals surface area (Å²) >= 11 is 1.29. The SMILES string of the molecule is CCOc1cc(C(=O)Nc2sc(C)cc2C(N)=O)cc(OCC)c1OCC. The number of anilines is 1. The number of hydrogen-bond acceptors (Lipinski definition) is 6. The van der Waals surface area contributed by atoms with E-state index in [1.165, 1.54) is 11.3 Å². The van der Waals surface area contributed by atoms with E-state index in [9.17, 15) is 9.59 Å². The van der Waals surface area contributed by atoms with Crippen LogP contribution in [0.2, 0.25) is 0 Å². The Morgan fingerprint density at radius 1 is 1.00 bits per heavy atom. The number of nitrogens with one attached hydrogen (secondary N) is 1. The van der Waals surface area contributed by atoms with Gasteiger partial charge in [0, 0.05) is 10.4 Å². The summed E-state index contributed by atoms with van der Waals surface area (Å²) in [5.74, 6) is 0.319. The van der Waals surface area contributed by atoms with Crippen LogP contribution in [0.3, 0.4) is 0 Å². The molecule has 0 aliphatic carbocycles. The van der Waals surface area contributed by atoms with Crippen LogP contribution in [0.4, 0.5) is 5.00 Å². The van der Waals surface area contributed by atoms with Crippen molar-refractivity contribution in [3.05, 3.63) is 34.2 Å². The van der Waals surface area contributed by atoms with E-state index < -0.39 is 11.8 Å². The van der Waals surface area contributed by atoms with Crippen molar-refractivity contribution in [2.24, 2.45) is 5.73 Å². The lowest BCUT2D eigenvalue weighted by Gasteiger charge is -2.17. The predicted molar refractivity (Wildman–Crippen MR) is 105 cm³/mol. The highest BCUT2D eigenvalue weighted by Crippen LogP contribution is 2.39. The van der Waals surface area contributed by atoms with Crippen molar-refractivity contribution in [2.45, 2.75) is 27.7 Å². The summed E-state index contributed by atoms with van der Waals surface area (Å²) in [6.45, 7) is 8.63. The molecule has 1 aromatic heterocycles. The monoisotopic (exact) mass is 392 g/mol. The highest BCUT2D eigenvalue weighted by atomic mass is 32.1. The van der Waals surface area contributed by atoms with E-state index in [0.717, 1.165) is 4.88 Å². The Morgan fingerprint density at radius 3 is 2.04 bits per heavy atom. The second kappa shape index (κ2) is 9.27. The van der Waals surface area contributed by atoms with E-state index in [1.807, 2.05) is 27.7 Å². The third-order valence-corrected chi connectivity index (χ3v) is 4.49. The van der Waals surface area contributed by atoms with Gasteiger partial charge in [0.15, 0.2) is 11.5 Å². The van der Waals surface area contributed by atoms with E-state index in [2.05, 4.69) is 5.32 Å². The molecule has 0 unspecified atom stereocenters. The number of rotatable bonds is 9. The number of carbonyl (C=O) groups is 2. The molecule has 0 spiro atoms. The lowest BCUT2D eigenvalue weighted by atomic mass is 10.1. The fourth-order valence-electron chi connectivity index (χ4n) is 2.49. The number of nitrogens with two attached hydrogens (primary N) is 1. The summed E-state index contributed by atoms with van der Waals surface area (Å²) in [6, 6.07) is 4.84. The molecule has 3 N–H and O–H groups in total. The molecule has 1 heterocycles. The van der Waals surface area contributed by atoms with E-state index in [0.29, 0.717) is 47.6 Å². The average molecular weight is 392 g/mol. The molecule has 27 heavy (non-hydrogen) atoms. The molecule has 0 aliphatic heterocycles. The van der Waals surface area contributed by atoms with Crippen LogP contribution in [0.5, 0.6) is 17.2 Å². The number of carbonyl (C=O) groups excluding carboxylic acids is 2. The number of thiophene rings is 1. The van der Waals surface area contributed by atoms with Crippen LogP contribution in [-0.2, 0) is 0 Å². The van der Waals surface area contributed by atoms with Crippen LogP contribution in [0.25, 0.3) is 0 Å². The number of aryl methyl sites for hydroxylation is 1. The molecule has 0 saturated heterocycles. The van der Waals surface area contributed by atoms with Gasteiger partial charge in [-0.1, -0.05) is 0 Å². The fourth-order valence-corrected chi connectivity index (χ4v) is 3.40. The zero-order valence-corrected chi connectivity index (χ0v) is 16.7. The average Bonchev–Trinajstić information content (AvgIpc) is 2.98. The largest absolute Gasteiger partial charge is 0.490 e. The van der Waals surface area contributed by atoms with Crippen molar-refractivity contribution in [3.8, 4) is 17.2 Å². The molecule has 8 heteroatoms. The molecule has 2 rings (SSSR count). The molecule has 0 atom stereocenters. The topological polar surface area (TPSA) is 99.9 Å². The Balaban J connectivity index is 2.41. The van der Waals surface area contributed by atoms with Crippen LogP contribution in [-0.4, -0.2) is 31.6 Å². The van der Waals surface area contributed by atoms with Gasteiger partial charge in [0.05, 0.1) is 25.4 Å². The smallest absolute Gasteiger partial charge is 0.256 e. The minimum Gasteiger partial charge on any atom is -0.490 e. The first-order valence-electron chi connectivity index (χ1n) is 8.69. The molecular weight excluding hydrogens is 368 g/mol. The van der Waals surface area contributed by atoms with Crippen LogP contribution >= 0.6 is 11.3 Å². The van der Waals surface area contributed by atoms with Crippen molar-refractivity contribution < 1.29 is 23.8 Å². The summed E-state index contributed by atoms with van der Waals surface area (Å²) in [6.07, 6.45) is 0. The van der Waals surface area contributed by atoms with Crippen molar-refractivity contribution in [1.82, 2.24) is 0 Å². The number of amides is 2. The van der Waals surface area contributed by atoms with Crippen LogP contribution in [0.15, 0.2) is 18.2 Å². The molecule has 0 aliphatic rings. The van der Waals surface area contributed by atoms with Gasteiger partial charge in [0.2, 0.25) is 5.75 Å². The highest BCUT2D eigenvalue weighted by Gasteiger charge is 2.20. The Bertz CT molecular complexity index is 804. The zero-order valence-electron chi connectivity index (χ0n) is 15.9. The first-order valence-corrected chi connectivity index (χ1v) is 9.50. The first kappa shape index (κ1) is 20.6. The third-order valence-electron chi connectivity index (χ3n) is 3.52. The number of ether oxygens (including phenoxy) is 3. The maximum Gasteiger partial charge on any atom is 0.256 e. The number of benzene rings is 1. The summed E-state index contributed by atoms with van der Waals surface area (Å²) in [7, 11) is 0. The van der Waals surface area contributed by atoms with Gasteiger partial charge < -0.3 is 25.3 Å².